The van der Waals surface area contributed by atoms with Gasteiger partial charge in [0, 0.05) is 37.5 Å². The second-order valence-corrected chi connectivity index (χ2v) is 8.47. The topological polar surface area (TPSA) is 90.5 Å². The molecule has 1 fully saturated rings. The van der Waals surface area contributed by atoms with Crippen LogP contribution in [0.15, 0.2) is 48.9 Å². The largest absolute Gasteiger partial charge is 0.492 e. The van der Waals surface area contributed by atoms with E-state index in [1.165, 1.54) is 13.1 Å². The molecule has 1 atom stereocenters. The smallest absolute Gasteiger partial charge is 0.435 e. The highest BCUT2D eigenvalue weighted by Gasteiger charge is 2.34. The summed E-state index contributed by atoms with van der Waals surface area (Å²) in [7, 11) is 0. The number of pyridine rings is 1. The number of aliphatic hydroxyl groups excluding tert-OH is 1. The zero-order chi connectivity index (χ0) is 25.3. The van der Waals surface area contributed by atoms with Gasteiger partial charge in [-0.3, -0.25) is 9.47 Å². The molecule has 36 heavy (non-hydrogen) atoms. The number of ether oxygens (including phenoxy) is 2. The van der Waals surface area contributed by atoms with Crippen LogP contribution in [0.4, 0.5) is 13.2 Å². The van der Waals surface area contributed by atoms with E-state index in [-0.39, 0.29) is 5.82 Å². The fraction of sp³-hybridized carbons (Fsp3) is 0.375. The van der Waals surface area contributed by atoms with Crippen LogP contribution in [0.2, 0.25) is 0 Å². The van der Waals surface area contributed by atoms with Crippen LogP contribution in [-0.2, 0) is 10.9 Å². The van der Waals surface area contributed by atoms with Crippen LogP contribution in [0.25, 0.3) is 22.7 Å². The first kappa shape index (κ1) is 24.2. The molecule has 190 valence electrons. The van der Waals surface area contributed by atoms with Crippen molar-refractivity contribution in [3.05, 3.63) is 60.2 Å². The van der Waals surface area contributed by atoms with Crippen molar-refractivity contribution >= 4 is 11.0 Å². The van der Waals surface area contributed by atoms with E-state index in [0.717, 1.165) is 49.1 Å². The van der Waals surface area contributed by atoms with Crippen LogP contribution in [0.1, 0.15) is 24.3 Å². The van der Waals surface area contributed by atoms with Gasteiger partial charge in [0.15, 0.2) is 11.5 Å². The molecule has 3 aromatic heterocycles. The van der Waals surface area contributed by atoms with Gasteiger partial charge in [0.2, 0.25) is 0 Å². The number of aromatic nitrogens is 5. The lowest BCUT2D eigenvalue weighted by Gasteiger charge is -2.26. The van der Waals surface area contributed by atoms with E-state index in [1.807, 2.05) is 18.2 Å². The first-order valence-corrected chi connectivity index (χ1v) is 11.5. The Morgan fingerprint density at radius 1 is 1.14 bits per heavy atom. The Kier molecular flexibility index (Phi) is 6.65. The summed E-state index contributed by atoms with van der Waals surface area (Å²) < 4.78 is 53.2. The maximum atomic E-state index is 13.1. The number of hydrogen-bond donors (Lipinski definition) is 1. The minimum Gasteiger partial charge on any atom is -0.492 e. The molecule has 1 aromatic carbocycles. The predicted octanol–water partition coefficient (Wildman–Crippen LogP) is 3.39. The molecule has 0 bridgehead atoms. The van der Waals surface area contributed by atoms with Gasteiger partial charge in [0.25, 0.3) is 0 Å². The number of rotatable bonds is 7. The quantitative estimate of drug-likeness (QED) is 0.414. The summed E-state index contributed by atoms with van der Waals surface area (Å²) in [5.41, 5.74) is 0.729. The molecule has 0 aliphatic carbocycles. The Bertz CT molecular complexity index is 1340. The molecule has 12 heteroatoms. The Morgan fingerprint density at radius 3 is 2.67 bits per heavy atom. The number of imidazole rings is 1. The molecule has 0 amide bonds. The molecule has 1 aliphatic heterocycles. The molecule has 1 saturated heterocycles. The van der Waals surface area contributed by atoms with Gasteiger partial charge in [-0.1, -0.05) is 0 Å². The average Bonchev–Trinajstić information content (AvgIpc) is 3.52. The Morgan fingerprint density at radius 2 is 1.94 bits per heavy atom. The SMILES string of the molecule is CC(O)c1ccc(-n2cnc3cc(OCCN4CCOCC4)ccc32)nc1-n1ccc(C(F)(F)F)n1. The van der Waals surface area contributed by atoms with E-state index < -0.39 is 18.0 Å². The summed E-state index contributed by atoms with van der Waals surface area (Å²) in [5.74, 6) is 1.21. The van der Waals surface area contributed by atoms with Crippen molar-refractivity contribution in [2.45, 2.75) is 19.2 Å². The number of benzene rings is 1. The summed E-state index contributed by atoms with van der Waals surface area (Å²) in [6.45, 7) is 6.13. The molecule has 9 nitrogen and oxygen atoms in total. The molecule has 1 aliphatic rings. The van der Waals surface area contributed by atoms with Crippen molar-refractivity contribution in [3.8, 4) is 17.4 Å². The van der Waals surface area contributed by atoms with Gasteiger partial charge in [-0.15, -0.1) is 0 Å². The van der Waals surface area contributed by atoms with Gasteiger partial charge in [-0.2, -0.15) is 18.3 Å². The lowest BCUT2D eigenvalue weighted by Crippen LogP contribution is -2.38. The minimum absolute atomic E-state index is 0.0999. The Balaban J connectivity index is 1.40. The molecular formula is C24H25F3N6O3. The number of morpholine rings is 1. The third-order valence-corrected chi connectivity index (χ3v) is 5.98. The lowest BCUT2D eigenvalue weighted by atomic mass is 10.1. The Labute approximate surface area is 204 Å². The highest BCUT2D eigenvalue weighted by atomic mass is 19.4. The molecule has 5 rings (SSSR count). The van der Waals surface area contributed by atoms with Crippen molar-refractivity contribution in [1.82, 2.24) is 29.2 Å². The number of nitrogens with zero attached hydrogens (tertiary/aromatic N) is 6. The lowest BCUT2D eigenvalue weighted by molar-refractivity contribution is -0.141. The van der Waals surface area contributed by atoms with Crippen molar-refractivity contribution in [2.24, 2.45) is 0 Å². The zero-order valence-corrected chi connectivity index (χ0v) is 19.5. The normalized spacial score (nSPS) is 15.9. The van der Waals surface area contributed by atoms with Gasteiger partial charge in [0.05, 0.1) is 30.4 Å². The predicted molar refractivity (Wildman–Crippen MR) is 124 cm³/mol. The third-order valence-electron chi connectivity index (χ3n) is 5.98. The fourth-order valence-corrected chi connectivity index (χ4v) is 4.07. The van der Waals surface area contributed by atoms with E-state index in [1.54, 1.807) is 23.0 Å². The fourth-order valence-electron chi connectivity index (χ4n) is 4.07. The van der Waals surface area contributed by atoms with Gasteiger partial charge >= 0.3 is 6.18 Å². The number of halogens is 3. The van der Waals surface area contributed by atoms with Crippen LogP contribution >= 0.6 is 0 Å². The van der Waals surface area contributed by atoms with Crippen molar-refractivity contribution < 1.29 is 27.8 Å². The molecule has 0 radical (unpaired) electrons. The maximum absolute atomic E-state index is 13.1. The van der Waals surface area contributed by atoms with E-state index in [0.29, 0.717) is 29.3 Å². The van der Waals surface area contributed by atoms with Gasteiger partial charge < -0.3 is 14.6 Å². The molecule has 0 saturated carbocycles. The average molecular weight is 502 g/mol. The molecular weight excluding hydrogens is 477 g/mol. The van der Waals surface area contributed by atoms with Crippen molar-refractivity contribution in [1.29, 1.82) is 0 Å². The molecule has 4 heterocycles. The van der Waals surface area contributed by atoms with Gasteiger partial charge in [-0.25, -0.2) is 14.6 Å². The van der Waals surface area contributed by atoms with E-state index >= 15 is 0 Å². The maximum Gasteiger partial charge on any atom is 0.435 e. The second-order valence-electron chi connectivity index (χ2n) is 8.47. The van der Waals surface area contributed by atoms with E-state index in [2.05, 4.69) is 20.0 Å². The first-order valence-electron chi connectivity index (χ1n) is 11.5. The van der Waals surface area contributed by atoms with Crippen LogP contribution in [0, 0.1) is 0 Å². The number of alkyl halides is 3. The summed E-state index contributed by atoms with van der Waals surface area (Å²) in [4.78, 5) is 11.3. The highest BCUT2D eigenvalue weighted by Crippen LogP contribution is 2.29. The van der Waals surface area contributed by atoms with Crippen LogP contribution < -0.4 is 4.74 Å². The van der Waals surface area contributed by atoms with E-state index in [9.17, 15) is 18.3 Å². The number of hydrogen-bond acceptors (Lipinski definition) is 7. The van der Waals surface area contributed by atoms with Gasteiger partial charge in [0.1, 0.15) is 24.5 Å². The van der Waals surface area contributed by atoms with Crippen molar-refractivity contribution in [2.75, 3.05) is 39.5 Å². The monoisotopic (exact) mass is 502 g/mol. The van der Waals surface area contributed by atoms with Crippen LogP contribution in [0.3, 0.4) is 0 Å². The number of fused-ring (bicyclic) bond motifs is 1. The highest BCUT2D eigenvalue weighted by molar-refractivity contribution is 5.78. The molecule has 4 aromatic rings. The minimum atomic E-state index is -4.59. The second kappa shape index (κ2) is 9.88. The van der Waals surface area contributed by atoms with Gasteiger partial charge in [-0.05, 0) is 37.3 Å². The Hall–Kier alpha value is -3.48. The first-order chi connectivity index (χ1) is 17.3. The van der Waals surface area contributed by atoms with Crippen LogP contribution in [-0.4, -0.2) is 73.8 Å². The van der Waals surface area contributed by atoms with Crippen LogP contribution in [0.5, 0.6) is 5.75 Å². The standard InChI is InChI=1S/C24H25F3N6O3/c1-16(34)18-3-5-22(29-23(18)33-7-6-21(30-33)24(25,26)27)32-15-28-19-14-17(2-4-20(19)32)36-13-10-31-8-11-35-12-9-31/h2-7,14-16,34H,8-13H2,1H3. The molecule has 1 N–H and O–H groups in total. The summed E-state index contributed by atoms with van der Waals surface area (Å²) >= 11 is 0. The van der Waals surface area contributed by atoms with Crippen molar-refractivity contribution in [3.63, 3.8) is 0 Å². The third kappa shape index (κ3) is 5.06. The molecule has 1 unspecified atom stereocenters. The summed E-state index contributed by atoms with van der Waals surface area (Å²) in [5, 5.41) is 13.8. The summed E-state index contributed by atoms with van der Waals surface area (Å²) in [6.07, 6.45) is -2.79. The zero-order valence-electron chi connectivity index (χ0n) is 19.5. The van der Waals surface area contributed by atoms with E-state index in [4.69, 9.17) is 9.47 Å². The molecule has 0 spiro atoms. The number of aliphatic hydroxyl groups is 1. The summed E-state index contributed by atoms with van der Waals surface area (Å²) in [6, 6.07) is 9.69.